The molecule has 0 fully saturated rings. The maximum atomic E-state index is 5.47. The molecule has 0 aromatic rings. The lowest BCUT2D eigenvalue weighted by Gasteiger charge is -2.15. The van der Waals surface area contributed by atoms with E-state index in [1.807, 2.05) is 0 Å². The van der Waals surface area contributed by atoms with Crippen molar-refractivity contribution >= 4 is 8.32 Å². The van der Waals surface area contributed by atoms with E-state index in [1.165, 1.54) is 0 Å². The van der Waals surface area contributed by atoms with Crippen LogP contribution in [-0.2, 0) is 4.43 Å². The summed E-state index contributed by atoms with van der Waals surface area (Å²) in [5.41, 5.74) is 0. The van der Waals surface area contributed by atoms with E-state index in [1.54, 1.807) is 0 Å². The number of hydrogen-bond acceptors (Lipinski definition) is 1. The van der Waals surface area contributed by atoms with E-state index in [0.29, 0.717) is 0 Å². The van der Waals surface area contributed by atoms with Crippen LogP contribution >= 0.6 is 0 Å². The second kappa shape index (κ2) is 3.70. The highest BCUT2D eigenvalue weighted by molar-refractivity contribution is 6.69. The van der Waals surface area contributed by atoms with Crippen molar-refractivity contribution in [2.75, 3.05) is 6.61 Å². The van der Waals surface area contributed by atoms with Gasteiger partial charge in [-0.2, -0.15) is 0 Å². The van der Waals surface area contributed by atoms with Crippen molar-refractivity contribution in [1.82, 2.24) is 0 Å². The third-order valence-electron chi connectivity index (χ3n) is 0.781. The largest absolute Gasteiger partial charge is 0.417 e. The summed E-state index contributed by atoms with van der Waals surface area (Å²) in [6, 6.07) is 0. The minimum absolute atomic E-state index is 0.728. The molecular formula is C7H14OSi. The quantitative estimate of drug-likeness (QED) is 0.332. The van der Waals surface area contributed by atoms with E-state index >= 15 is 0 Å². The molecule has 0 spiro atoms. The van der Waals surface area contributed by atoms with E-state index in [-0.39, 0.29) is 0 Å². The second-order valence-corrected chi connectivity index (χ2v) is 7.43. The van der Waals surface area contributed by atoms with Crippen LogP contribution in [0.5, 0.6) is 0 Å². The average Bonchev–Trinajstić information content (AvgIpc) is 1.63. The first kappa shape index (κ1) is 8.74. The molecule has 0 N–H and O–H groups in total. The Hall–Kier alpha value is -0.263. The van der Waals surface area contributed by atoms with Gasteiger partial charge in [0.1, 0.15) is 0 Å². The zero-order chi connectivity index (χ0) is 7.33. The Morgan fingerprint density at radius 1 is 1.44 bits per heavy atom. The van der Waals surface area contributed by atoms with Crippen molar-refractivity contribution in [3.05, 3.63) is 0 Å². The van der Waals surface area contributed by atoms with Gasteiger partial charge in [-0.15, -0.1) is 12.3 Å². The highest BCUT2D eigenvalue weighted by Gasteiger charge is 2.12. The van der Waals surface area contributed by atoms with Crippen molar-refractivity contribution in [3.8, 4) is 12.3 Å². The van der Waals surface area contributed by atoms with E-state index in [2.05, 4.69) is 25.6 Å². The Balaban J connectivity index is 3.20. The Morgan fingerprint density at radius 3 is 2.33 bits per heavy atom. The van der Waals surface area contributed by atoms with Gasteiger partial charge in [-0.3, -0.25) is 0 Å². The van der Waals surface area contributed by atoms with Gasteiger partial charge in [0.25, 0.3) is 0 Å². The molecule has 0 aromatic heterocycles. The summed E-state index contributed by atoms with van der Waals surface area (Å²) in [6.07, 6.45) is 5.78. The zero-order valence-electron chi connectivity index (χ0n) is 6.40. The SMILES string of the molecule is C#CCCO[Si](C)(C)C. The Morgan fingerprint density at radius 2 is 2.00 bits per heavy atom. The first-order chi connectivity index (χ1) is 4.06. The van der Waals surface area contributed by atoms with Gasteiger partial charge in [0.15, 0.2) is 8.32 Å². The smallest absolute Gasteiger partial charge is 0.183 e. The molecular weight excluding hydrogens is 128 g/mol. The van der Waals surface area contributed by atoms with E-state index in [0.717, 1.165) is 13.0 Å². The molecule has 9 heavy (non-hydrogen) atoms. The molecule has 0 rings (SSSR count). The molecule has 0 saturated carbocycles. The van der Waals surface area contributed by atoms with Crippen molar-refractivity contribution < 1.29 is 4.43 Å². The number of hydrogen-bond donors (Lipinski definition) is 0. The summed E-state index contributed by atoms with van der Waals surface area (Å²) in [7, 11) is -1.29. The van der Waals surface area contributed by atoms with Crippen LogP contribution in [-0.4, -0.2) is 14.9 Å². The van der Waals surface area contributed by atoms with Crippen LogP contribution in [0.15, 0.2) is 0 Å². The van der Waals surface area contributed by atoms with Crippen LogP contribution in [0.1, 0.15) is 6.42 Å². The maximum Gasteiger partial charge on any atom is 0.183 e. The highest BCUT2D eigenvalue weighted by atomic mass is 28.4. The van der Waals surface area contributed by atoms with Crippen LogP contribution in [0.4, 0.5) is 0 Å². The van der Waals surface area contributed by atoms with Crippen LogP contribution in [0.2, 0.25) is 19.6 Å². The molecule has 0 aromatic carbocycles. The third kappa shape index (κ3) is 7.74. The fourth-order valence-corrected chi connectivity index (χ4v) is 1.13. The van der Waals surface area contributed by atoms with Gasteiger partial charge in [0.05, 0.1) is 0 Å². The molecule has 0 heterocycles. The van der Waals surface area contributed by atoms with Crippen LogP contribution < -0.4 is 0 Å². The summed E-state index contributed by atoms with van der Waals surface area (Å²) in [4.78, 5) is 0. The van der Waals surface area contributed by atoms with Gasteiger partial charge in [-0.25, -0.2) is 0 Å². The molecule has 0 unspecified atom stereocenters. The zero-order valence-corrected chi connectivity index (χ0v) is 7.40. The predicted octanol–water partition coefficient (Wildman–Crippen LogP) is 1.86. The minimum atomic E-state index is -1.29. The first-order valence-electron chi connectivity index (χ1n) is 3.14. The monoisotopic (exact) mass is 142 g/mol. The van der Waals surface area contributed by atoms with E-state index < -0.39 is 8.32 Å². The molecule has 0 aliphatic carbocycles. The lowest BCUT2D eigenvalue weighted by molar-refractivity contribution is 0.321. The van der Waals surface area contributed by atoms with E-state index in [9.17, 15) is 0 Å². The van der Waals surface area contributed by atoms with Crippen LogP contribution in [0.3, 0.4) is 0 Å². The van der Waals surface area contributed by atoms with Gasteiger partial charge in [-0.1, -0.05) is 0 Å². The molecule has 0 amide bonds. The van der Waals surface area contributed by atoms with Crippen LogP contribution in [0, 0.1) is 12.3 Å². The maximum absolute atomic E-state index is 5.47. The molecule has 2 heteroatoms. The molecule has 0 aliphatic heterocycles. The standard InChI is InChI=1S/C7H14OSi/c1-5-6-7-8-9(2,3)4/h1H,6-7H2,2-4H3. The highest BCUT2D eigenvalue weighted by Crippen LogP contribution is 2.01. The Bertz CT molecular complexity index is 107. The van der Waals surface area contributed by atoms with Gasteiger partial charge in [0.2, 0.25) is 0 Å². The average molecular weight is 142 g/mol. The van der Waals surface area contributed by atoms with Gasteiger partial charge >= 0.3 is 0 Å². The van der Waals surface area contributed by atoms with Crippen LogP contribution in [0.25, 0.3) is 0 Å². The number of rotatable bonds is 3. The lowest BCUT2D eigenvalue weighted by Crippen LogP contribution is -2.25. The van der Waals surface area contributed by atoms with Crippen molar-refractivity contribution in [2.45, 2.75) is 26.1 Å². The Labute approximate surface area is 58.5 Å². The molecule has 0 saturated heterocycles. The van der Waals surface area contributed by atoms with Gasteiger partial charge in [0, 0.05) is 13.0 Å². The molecule has 0 atom stereocenters. The molecule has 0 aliphatic rings. The van der Waals surface area contributed by atoms with Crippen molar-refractivity contribution in [3.63, 3.8) is 0 Å². The van der Waals surface area contributed by atoms with Gasteiger partial charge in [-0.05, 0) is 19.6 Å². The second-order valence-electron chi connectivity index (χ2n) is 2.91. The van der Waals surface area contributed by atoms with Crippen molar-refractivity contribution in [2.24, 2.45) is 0 Å². The molecule has 1 nitrogen and oxygen atoms in total. The van der Waals surface area contributed by atoms with Gasteiger partial charge < -0.3 is 4.43 Å². The molecule has 0 radical (unpaired) electrons. The summed E-state index contributed by atoms with van der Waals surface area (Å²) in [5.74, 6) is 2.54. The summed E-state index contributed by atoms with van der Waals surface area (Å²) < 4.78 is 5.47. The lowest BCUT2D eigenvalue weighted by atomic mass is 10.5. The topological polar surface area (TPSA) is 9.23 Å². The molecule has 0 bridgehead atoms. The minimum Gasteiger partial charge on any atom is -0.417 e. The fraction of sp³-hybridized carbons (Fsp3) is 0.714. The summed E-state index contributed by atoms with van der Waals surface area (Å²) >= 11 is 0. The summed E-state index contributed by atoms with van der Waals surface area (Å²) in [6.45, 7) is 7.20. The first-order valence-corrected chi connectivity index (χ1v) is 6.54. The van der Waals surface area contributed by atoms with E-state index in [4.69, 9.17) is 10.8 Å². The predicted molar refractivity (Wildman–Crippen MR) is 42.7 cm³/mol. The third-order valence-corrected chi connectivity index (χ3v) is 1.85. The Kier molecular flexibility index (Phi) is 3.60. The number of terminal acetylenes is 1. The molecule has 52 valence electrons. The fourth-order valence-electron chi connectivity index (χ4n) is 0.416. The normalized spacial score (nSPS) is 10.9. The van der Waals surface area contributed by atoms with Crippen molar-refractivity contribution in [1.29, 1.82) is 0 Å². The summed E-state index contributed by atoms with van der Waals surface area (Å²) in [5, 5.41) is 0.